The van der Waals surface area contributed by atoms with E-state index >= 15 is 0 Å². The van der Waals surface area contributed by atoms with Crippen LogP contribution in [0.5, 0.6) is 0 Å². The van der Waals surface area contributed by atoms with E-state index in [0.717, 1.165) is 51.4 Å². The molecule has 4 fully saturated rings. The Bertz CT molecular complexity index is 1240. The predicted octanol–water partition coefficient (Wildman–Crippen LogP) is 12.0. The van der Waals surface area contributed by atoms with Crippen LogP contribution in [-0.2, 0) is 14.3 Å². The Balaban J connectivity index is 1.18. The standard InChI is InChI=1S/C46H74O4/c1-8-9-10-11-12-13-14-15-16-17-18-19-20-21-22-23-40(48)49-42-41-38-27-26-37(35(5)25-24-34(4)33(2)3)44(38,6)30-29-39(41)45(7)31-28-36(47)32-46(45)43(42)50-46/h12-13,15-16,24-25,33-37,39,42-43,47H,8-11,14,17-23,26-32H2,1-7H3/b13-12-,16-15-,25-24+/t34-,35+,36-,37+,39-,42-,43-,44+,45+,46-/m0/s1. The summed E-state index contributed by atoms with van der Waals surface area (Å²) < 4.78 is 13.3. The Kier molecular flexibility index (Phi) is 13.8. The van der Waals surface area contributed by atoms with E-state index in [1.807, 2.05) is 0 Å². The third-order valence-electron chi connectivity index (χ3n) is 14.5. The fourth-order valence-corrected chi connectivity index (χ4v) is 10.9. The summed E-state index contributed by atoms with van der Waals surface area (Å²) in [6.07, 6.45) is 34.1. The summed E-state index contributed by atoms with van der Waals surface area (Å²) in [4.78, 5) is 13.6. The van der Waals surface area contributed by atoms with E-state index in [1.54, 1.807) is 5.57 Å². The molecule has 1 aliphatic heterocycles. The Morgan fingerprint density at radius 2 is 1.60 bits per heavy atom. The largest absolute Gasteiger partial charge is 0.455 e. The van der Waals surface area contributed by atoms with Gasteiger partial charge in [-0.1, -0.05) is 123 Å². The molecular weight excluding hydrogens is 617 g/mol. The fourth-order valence-electron chi connectivity index (χ4n) is 10.9. The van der Waals surface area contributed by atoms with Crippen LogP contribution in [0.4, 0.5) is 0 Å². The zero-order chi connectivity index (χ0) is 35.9. The molecule has 1 saturated heterocycles. The van der Waals surface area contributed by atoms with Gasteiger partial charge >= 0.3 is 5.97 Å². The number of carbonyl (C=O) groups is 1. The number of hydrogen-bond donors (Lipinski definition) is 1. The first-order valence-electron chi connectivity index (χ1n) is 21.3. The van der Waals surface area contributed by atoms with Crippen molar-refractivity contribution >= 4 is 5.97 Å². The summed E-state index contributed by atoms with van der Waals surface area (Å²) in [5.74, 6) is 2.69. The number of unbranched alkanes of at least 4 members (excludes halogenated alkanes) is 8. The van der Waals surface area contributed by atoms with Crippen molar-refractivity contribution in [1.82, 2.24) is 0 Å². The highest BCUT2D eigenvalue weighted by atomic mass is 16.6. The van der Waals surface area contributed by atoms with Crippen LogP contribution in [0.15, 0.2) is 47.6 Å². The van der Waals surface area contributed by atoms with Crippen LogP contribution in [0.25, 0.3) is 0 Å². The van der Waals surface area contributed by atoms with Crippen LogP contribution >= 0.6 is 0 Å². The Labute approximate surface area is 307 Å². The van der Waals surface area contributed by atoms with Gasteiger partial charge in [0.05, 0.1) is 6.10 Å². The second-order valence-corrected chi connectivity index (χ2v) is 18.1. The maximum absolute atomic E-state index is 13.6. The molecule has 0 unspecified atom stereocenters. The van der Waals surface area contributed by atoms with Crippen LogP contribution in [0.2, 0.25) is 0 Å². The number of hydrogen-bond acceptors (Lipinski definition) is 4. The van der Waals surface area contributed by atoms with Crippen molar-refractivity contribution in [3.63, 3.8) is 0 Å². The molecule has 0 radical (unpaired) electrons. The summed E-state index contributed by atoms with van der Waals surface area (Å²) >= 11 is 0. The number of ether oxygens (including phenoxy) is 2. The fraction of sp³-hybridized carbons (Fsp3) is 0.804. The Hall–Kier alpha value is -1.65. The molecule has 5 rings (SSSR count). The molecule has 0 bridgehead atoms. The topological polar surface area (TPSA) is 59.1 Å². The van der Waals surface area contributed by atoms with Gasteiger partial charge < -0.3 is 14.6 Å². The molecule has 10 atom stereocenters. The SMILES string of the molecule is CCCCC/C=C\C/C=C\CCCCCCCC(=O)O[C@H]1C2=C3CC[C@H]([C@H](C)/C=C/[C@H](C)C(C)C)[C@@]3(C)CC[C@@H]2[C@@]2(C)CC[C@H](O)C[C@@]23O[C@@H]13. The lowest BCUT2D eigenvalue weighted by molar-refractivity contribution is -0.150. The minimum absolute atomic E-state index is 0.0000950. The molecule has 0 aromatic carbocycles. The zero-order valence-corrected chi connectivity index (χ0v) is 33.2. The first kappa shape index (κ1) is 39.6. The van der Waals surface area contributed by atoms with Gasteiger partial charge in [-0.3, -0.25) is 4.79 Å². The maximum Gasteiger partial charge on any atom is 0.306 e. The highest BCUT2D eigenvalue weighted by Crippen LogP contribution is 2.73. The van der Waals surface area contributed by atoms with Crippen LogP contribution in [0.3, 0.4) is 0 Å². The molecule has 0 aromatic heterocycles. The predicted molar refractivity (Wildman–Crippen MR) is 208 cm³/mol. The summed E-state index contributed by atoms with van der Waals surface area (Å²) in [5.41, 5.74) is 2.83. The van der Waals surface area contributed by atoms with Gasteiger partial charge in [0.2, 0.25) is 0 Å². The van der Waals surface area contributed by atoms with E-state index < -0.39 is 0 Å². The van der Waals surface area contributed by atoms with E-state index in [2.05, 4.69) is 84.9 Å². The normalized spacial score (nSPS) is 36.1. The van der Waals surface area contributed by atoms with Gasteiger partial charge in [0.25, 0.3) is 0 Å². The molecule has 0 aromatic rings. The quantitative estimate of drug-likeness (QED) is 0.0634. The van der Waals surface area contributed by atoms with Crippen LogP contribution in [0, 0.1) is 40.4 Å². The third kappa shape index (κ3) is 8.43. The number of allylic oxidation sites excluding steroid dienone is 7. The van der Waals surface area contributed by atoms with Crippen molar-refractivity contribution in [1.29, 1.82) is 0 Å². The number of esters is 1. The van der Waals surface area contributed by atoms with Gasteiger partial charge in [-0.05, 0) is 118 Å². The summed E-state index contributed by atoms with van der Waals surface area (Å²) in [5, 5.41) is 10.8. The van der Waals surface area contributed by atoms with Gasteiger partial charge in [0, 0.05) is 18.3 Å². The molecule has 4 aliphatic carbocycles. The molecule has 0 amide bonds. The van der Waals surface area contributed by atoms with E-state index in [-0.39, 0.29) is 40.7 Å². The first-order chi connectivity index (χ1) is 24.0. The maximum atomic E-state index is 13.6. The Morgan fingerprint density at radius 1 is 0.900 bits per heavy atom. The number of aliphatic hydroxyl groups is 1. The average Bonchev–Trinajstić information content (AvgIpc) is 3.70. The lowest BCUT2D eigenvalue weighted by Gasteiger charge is -2.56. The smallest absolute Gasteiger partial charge is 0.306 e. The molecule has 4 heteroatoms. The molecule has 1 spiro atoms. The third-order valence-corrected chi connectivity index (χ3v) is 14.5. The number of fused-ring (bicyclic) bond motifs is 3. The summed E-state index contributed by atoms with van der Waals surface area (Å²) in [6, 6.07) is 0. The van der Waals surface area contributed by atoms with Crippen molar-refractivity contribution < 1.29 is 19.4 Å². The molecule has 282 valence electrons. The molecule has 50 heavy (non-hydrogen) atoms. The van der Waals surface area contributed by atoms with E-state index in [0.29, 0.717) is 42.4 Å². The van der Waals surface area contributed by atoms with Crippen molar-refractivity contribution in [2.75, 3.05) is 0 Å². The van der Waals surface area contributed by atoms with E-state index in [4.69, 9.17) is 9.47 Å². The molecule has 1 N–H and O–H groups in total. The second-order valence-electron chi connectivity index (χ2n) is 18.1. The minimum Gasteiger partial charge on any atom is -0.455 e. The summed E-state index contributed by atoms with van der Waals surface area (Å²) in [6.45, 7) is 16.6. The molecule has 5 aliphatic rings. The Morgan fingerprint density at radius 3 is 2.32 bits per heavy atom. The number of rotatable bonds is 19. The van der Waals surface area contributed by atoms with Crippen molar-refractivity contribution in [3.8, 4) is 0 Å². The van der Waals surface area contributed by atoms with Crippen LogP contribution in [-0.4, -0.2) is 35.0 Å². The molecule has 4 nitrogen and oxygen atoms in total. The highest BCUT2D eigenvalue weighted by Gasteiger charge is 2.78. The monoisotopic (exact) mass is 691 g/mol. The lowest BCUT2D eigenvalue weighted by atomic mass is 9.48. The number of epoxide rings is 1. The van der Waals surface area contributed by atoms with Crippen molar-refractivity contribution in [2.24, 2.45) is 40.4 Å². The van der Waals surface area contributed by atoms with Gasteiger partial charge in [0.15, 0.2) is 6.10 Å². The van der Waals surface area contributed by atoms with Gasteiger partial charge in [0.1, 0.15) is 11.7 Å². The van der Waals surface area contributed by atoms with E-state index in [1.165, 1.54) is 63.4 Å². The first-order valence-corrected chi connectivity index (χ1v) is 21.3. The number of carbonyl (C=O) groups excluding carboxylic acids is 1. The summed E-state index contributed by atoms with van der Waals surface area (Å²) in [7, 11) is 0. The van der Waals surface area contributed by atoms with Crippen LogP contribution in [0.1, 0.15) is 170 Å². The highest BCUT2D eigenvalue weighted by molar-refractivity contribution is 5.70. The lowest BCUT2D eigenvalue weighted by Crippen LogP contribution is -2.58. The number of aliphatic hydroxyl groups excluding tert-OH is 1. The van der Waals surface area contributed by atoms with Crippen molar-refractivity contribution in [2.45, 2.75) is 194 Å². The van der Waals surface area contributed by atoms with Crippen LogP contribution < -0.4 is 0 Å². The average molecular weight is 691 g/mol. The minimum atomic E-state index is -0.349. The molecule has 3 saturated carbocycles. The van der Waals surface area contributed by atoms with Gasteiger partial charge in [-0.2, -0.15) is 0 Å². The van der Waals surface area contributed by atoms with Gasteiger partial charge in [-0.15, -0.1) is 0 Å². The van der Waals surface area contributed by atoms with Crippen molar-refractivity contribution in [3.05, 3.63) is 47.6 Å². The van der Waals surface area contributed by atoms with Gasteiger partial charge in [-0.25, -0.2) is 0 Å². The second kappa shape index (κ2) is 17.5. The zero-order valence-electron chi connectivity index (χ0n) is 33.2. The molecular formula is C46H74O4. The van der Waals surface area contributed by atoms with E-state index in [9.17, 15) is 9.90 Å². The molecule has 1 heterocycles.